The van der Waals surface area contributed by atoms with Crippen LogP contribution >= 0.6 is 0 Å². The number of benzene rings is 1. The monoisotopic (exact) mass is 391 g/mol. The molecule has 0 aromatic heterocycles. The van der Waals surface area contributed by atoms with Gasteiger partial charge < -0.3 is 15.5 Å². The van der Waals surface area contributed by atoms with Crippen LogP contribution in [0.5, 0.6) is 11.5 Å². The van der Waals surface area contributed by atoms with Gasteiger partial charge in [0.25, 0.3) is 0 Å². The molecule has 0 radical (unpaired) electrons. The Morgan fingerprint density at radius 2 is 1.21 bits per heavy atom. The Bertz CT molecular complexity index is 557. The minimum absolute atomic E-state index is 0.00962. The van der Waals surface area contributed by atoms with Crippen molar-refractivity contribution in [3.63, 3.8) is 0 Å². The number of phenols is 2. The highest BCUT2D eigenvalue weighted by Gasteiger charge is 2.09. The van der Waals surface area contributed by atoms with Gasteiger partial charge in [-0.2, -0.15) is 0 Å². The second-order valence-corrected chi connectivity index (χ2v) is 8.05. The lowest BCUT2D eigenvalue weighted by Crippen LogP contribution is -2.11. The van der Waals surface area contributed by atoms with Gasteiger partial charge in [-0.25, -0.2) is 0 Å². The summed E-state index contributed by atoms with van der Waals surface area (Å²) in [5.74, 6) is -0.0494. The fourth-order valence-electron chi connectivity index (χ4n) is 3.47. The summed E-state index contributed by atoms with van der Waals surface area (Å²) in [6, 6.07) is 2.85. The molecular weight excluding hydrogens is 350 g/mol. The number of anilines is 1. The van der Waals surface area contributed by atoms with Crippen molar-refractivity contribution in [1.29, 1.82) is 0 Å². The standard InChI is InChI=1S/C24H41NO3/c1-3-4-5-6-7-8-9-10-11-12-13-14-15-16-17-24(28)25-21-19-22(26)20(2)18-23(21)27/h18-19,26-27H,3-17H2,1-2H3,(H,25,28). The average Bonchev–Trinajstić information content (AvgIpc) is 2.66. The molecule has 1 rings (SSSR count). The molecule has 1 aromatic rings. The highest BCUT2D eigenvalue weighted by molar-refractivity contribution is 5.92. The predicted octanol–water partition coefficient (Wildman–Crippen LogP) is 7.22. The van der Waals surface area contributed by atoms with Gasteiger partial charge in [0.05, 0.1) is 5.69 Å². The molecule has 3 N–H and O–H groups in total. The number of phenolic OH excluding ortho intramolecular Hbond substituents is 2. The largest absolute Gasteiger partial charge is 0.508 e. The first kappa shape index (κ1) is 24.3. The minimum Gasteiger partial charge on any atom is -0.508 e. The van der Waals surface area contributed by atoms with E-state index in [2.05, 4.69) is 12.2 Å². The molecule has 0 spiro atoms. The summed E-state index contributed by atoms with van der Waals surface area (Å²) in [6.45, 7) is 3.97. The molecule has 0 aliphatic heterocycles. The van der Waals surface area contributed by atoms with E-state index in [-0.39, 0.29) is 23.1 Å². The summed E-state index contributed by atoms with van der Waals surface area (Å²) in [7, 11) is 0. The van der Waals surface area contributed by atoms with Crippen LogP contribution in [0.2, 0.25) is 0 Å². The van der Waals surface area contributed by atoms with Crippen molar-refractivity contribution in [2.45, 2.75) is 110 Å². The molecule has 0 heterocycles. The van der Waals surface area contributed by atoms with Crippen LogP contribution in [0, 0.1) is 6.92 Å². The fraction of sp³-hybridized carbons (Fsp3) is 0.708. The molecule has 160 valence electrons. The summed E-state index contributed by atoms with van der Waals surface area (Å²) >= 11 is 0. The number of carbonyl (C=O) groups is 1. The van der Waals surface area contributed by atoms with E-state index in [0.29, 0.717) is 12.0 Å². The third-order valence-electron chi connectivity index (χ3n) is 5.35. The normalized spacial score (nSPS) is 10.9. The predicted molar refractivity (Wildman–Crippen MR) is 118 cm³/mol. The van der Waals surface area contributed by atoms with Crippen LogP contribution < -0.4 is 5.32 Å². The van der Waals surface area contributed by atoms with Crippen molar-refractivity contribution >= 4 is 11.6 Å². The van der Waals surface area contributed by atoms with Crippen molar-refractivity contribution in [3.8, 4) is 11.5 Å². The molecule has 4 heteroatoms. The van der Waals surface area contributed by atoms with Gasteiger partial charge in [0.2, 0.25) is 5.91 Å². The maximum Gasteiger partial charge on any atom is 0.224 e. The third-order valence-corrected chi connectivity index (χ3v) is 5.35. The maximum atomic E-state index is 12.0. The molecule has 0 aliphatic rings. The van der Waals surface area contributed by atoms with E-state index < -0.39 is 0 Å². The number of nitrogens with one attached hydrogen (secondary N) is 1. The molecule has 28 heavy (non-hydrogen) atoms. The molecule has 4 nitrogen and oxygen atoms in total. The number of aryl methyl sites for hydroxylation is 1. The second kappa shape index (κ2) is 15.2. The van der Waals surface area contributed by atoms with E-state index in [0.717, 1.165) is 12.8 Å². The molecule has 1 aromatic carbocycles. The Kier molecular flexibility index (Phi) is 13.2. The lowest BCUT2D eigenvalue weighted by Gasteiger charge is -2.09. The zero-order valence-corrected chi connectivity index (χ0v) is 18.1. The second-order valence-electron chi connectivity index (χ2n) is 8.05. The highest BCUT2D eigenvalue weighted by atomic mass is 16.3. The summed E-state index contributed by atoms with van der Waals surface area (Å²) in [5.41, 5.74) is 0.862. The molecule has 1 amide bonds. The number of amides is 1. The number of rotatable bonds is 16. The number of carbonyl (C=O) groups excluding carboxylic acids is 1. The summed E-state index contributed by atoms with van der Waals surface area (Å²) in [5, 5.41) is 22.2. The van der Waals surface area contributed by atoms with Crippen LogP contribution in [0.25, 0.3) is 0 Å². The molecule has 0 saturated carbocycles. The lowest BCUT2D eigenvalue weighted by atomic mass is 10.0. The Hall–Kier alpha value is -1.71. The van der Waals surface area contributed by atoms with Crippen molar-refractivity contribution in [1.82, 2.24) is 0 Å². The van der Waals surface area contributed by atoms with Gasteiger partial charge in [0.1, 0.15) is 11.5 Å². The Balaban J connectivity index is 1.95. The van der Waals surface area contributed by atoms with E-state index in [1.54, 1.807) is 6.92 Å². The zero-order valence-electron chi connectivity index (χ0n) is 18.1. The highest BCUT2D eigenvalue weighted by Crippen LogP contribution is 2.30. The van der Waals surface area contributed by atoms with Gasteiger partial charge in [0.15, 0.2) is 0 Å². The van der Waals surface area contributed by atoms with Crippen molar-refractivity contribution in [2.24, 2.45) is 0 Å². The van der Waals surface area contributed by atoms with Gasteiger partial charge >= 0.3 is 0 Å². The SMILES string of the molecule is CCCCCCCCCCCCCCCCC(=O)Nc1cc(O)c(C)cc1O. The smallest absolute Gasteiger partial charge is 0.224 e. The summed E-state index contributed by atoms with van der Waals surface area (Å²) < 4.78 is 0. The molecular formula is C24H41NO3. The molecule has 0 unspecified atom stereocenters. The Labute approximate surface area is 171 Å². The van der Waals surface area contributed by atoms with Crippen LogP contribution in [0.4, 0.5) is 5.69 Å². The maximum absolute atomic E-state index is 12.0. The first-order chi connectivity index (χ1) is 13.5. The fourth-order valence-corrected chi connectivity index (χ4v) is 3.47. The van der Waals surface area contributed by atoms with Gasteiger partial charge in [-0.3, -0.25) is 4.79 Å². The van der Waals surface area contributed by atoms with E-state index in [1.165, 1.54) is 89.2 Å². The van der Waals surface area contributed by atoms with Gasteiger partial charge in [-0.05, 0) is 25.0 Å². The third kappa shape index (κ3) is 11.2. The Morgan fingerprint density at radius 1 is 0.750 bits per heavy atom. The Morgan fingerprint density at radius 3 is 1.71 bits per heavy atom. The minimum atomic E-state index is -0.113. The quantitative estimate of drug-likeness (QED) is 0.158. The van der Waals surface area contributed by atoms with E-state index in [4.69, 9.17) is 0 Å². The number of aromatic hydroxyl groups is 2. The van der Waals surface area contributed by atoms with Crippen LogP contribution in [-0.4, -0.2) is 16.1 Å². The molecule has 0 atom stereocenters. The van der Waals surface area contributed by atoms with Crippen molar-refractivity contribution in [2.75, 3.05) is 5.32 Å². The van der Waals surface area contributed by atoms with Gasteiger partial charge in [-0.1, -0.05) is 90.4 Å². The summed E-state index contributed by atoms with van der Waals surface area (Å²) in [6.07, 6.45) is 18.5. The number of hydrogen-bond acceptors (Lipinski definition) is 3. The van der Waals surface area contributed by atoms with E-state index in [1.807, 2.05) is 0 Å². The topological polar surface area (TPSA) is 69.6 Å². The lowest BCUT2D eigenvalue weighted by molar-refractivity contribution is -0.116. The van der Waals surface area contributed by atoms with Gasteiger partial charge in [-0.15, -0.1) is 0 Å². The number of hydrogen-bond donors (Lipinski definition) is 3. The van der Waals surface area contributed by atoms with Crippen LogP contribution in [-0.2, 0) is 4.79 Å². The first-order valence-corrected chi connectivity index (χ1v) is 11.4. The van der Waals surface area contributed by atoms with E-state index in [9.17, 15) is 15.0 Å². The molecule has 0 saturated heterocycles. The van der Waals surface area contributed by atoms with Crippen LogP contribution in [0.3, 0.4) is 0 Å². The van der Waals surface area contributed by atoms with E-state index >= 15 is 0 Å². The average molecular weight is 392 g/mol. The van der Waals surface area contributed by atoms with Crippen LogP contribution in [0.15, 0.2) is 12.1 Å². The number of unbranched alkanes of at least 4 members (excludes halogenated alkanes) is 13. The van der Waals surface area contributed by atoms with Crippen molar-refractivity contribution < 1.29 is 15.0 Å². The molecule has 0 aliphatic carbocycles. The van der Waals surface area contributed by atoms with Crippen LogP contribution in [0.1, 0.15) is 109 Å². The summed E-state index contributed by atoms with van der Waals surface area (Å²) in [4.78, 5) is 12.0. The zero-order chi connectivity index (χ0) is 20.6. The molecule has 0 fully saturated rings. The van der Waals surface area contributed by atoms with Crippen molar-refractivity contribution in [3.05, 3.63) is 17.7 Å². The first-order valence-electron chi connectivity index (χ1n) is 11.4. The van der Waals surface area contributed by atoms with Gasteiger partial charge in [0, 0.05) is 12.5 Å². The molecule has 0 bridgehead atoms.